The second kappa shape index (κ2) is 8.58. The van der Waals surface area contributed by atoms with E-state index in [1.165, 1.54) is 6.07 Å². The maximum atomic E-state index is 13.8. The van der Waals surface area contributed by atoms with Crippen LogP contribution in [0.2, 0.25) is 0 Å². The molecule has 2 amide bonds. The van der Waals surface area contributed by atoms with Gasteiger partial charge in [0.2, 0.25) is 0 Å². The van der Waals surface area contributed by atoms with E-state index >= 15 is 0 Å². The molecule has 1 heterocycles. The molecule has 0 aliphatic carbocycles. The molecule has 0 spiro atoms. The number of hydrogen-bond acceptors (Lipinski definition) is 3. The van der Waals surface area contributed by atoms with Gasteiger partial charge in [-0.1, -0.05) is 36.4 Å². The van der Waals surface area contributed by atoms with E-state index in [-0.39, 0.29) is 11.9 Å². The molecule has 0 saturated carbocycles. The quantitative estimate of drug-likeness (QED) is 0.829. The lowest BCUT2D eigenvalue weighted by atomic mass is 10.0. The van der Waals surface area contributed by atoms with E-state index < -0.39 is 11.8 Å². The topological polar surface area (TPSA) is 61.4 Å². The number of carbonyl (C=O) groups excluding carboxylic acids is 2. The highest BCUT2D eigenvalue weighted by Gasteiger charge is 2.24. The number of rotatable bonds is 4. The second-order valence-corrected chi connectivity index (χ2v) is 6.46. The van der Waals surface area contributed by atoms with E-state index in [9.17, 15) is 14.0 Å². The van der Waals surface area contributed by atoms with Crippen molar-refractivity contribution in [3.8, 4) is 0 Å². The number of para-hydroxylation sites is 1. The smallest absolute Gasteiger partial charge is 0.313 e. The van der Waals surface area contributed by atoms with Crippen LogP contribution in [0.1, 0.15) is 18.4 Å². The molecule has 5 nitrogen and oxygen atoms in total. The average molecular weight is 355 g/mol. The van der Waals surface area contributed by atoms with Gasteiger partial charge >= 0.3 is 11.8 Å². The number of nitrogens with zero attached hydrogens (tertiary/aromatic N) is 1. The van der Waals surface area contributed by atoms with Gasteiger partial charge in [0.1, 0.15) is 5.82 Å². The van der Waals surface area contributed by atoms with Crippen molar-refractivity contribution in [1.29, 1.82) is 0 Å². The van der Waals surface area contributed by atoms with Crippen LogP contribution in [0.25, 0.3) is 0 Å². The van der Waals surface area contributed by atoms with Crippen LogP contribution in [0, 0.1) is 5.82 Å². The Morgan fingerprint density at radius 1 is 1.04 bits per heavy atom. The molecule has 1 saturated heterocycles. The van der Waals surface area contributed by atoms with Crippen molar-refractivity contribution in [2.24, 2.45) is 0 Å². The third-order valence-electron chi connectivity index (χ3n) is 4.43. The molecule has 3 rings (SSSR count). The molecule has 1 atom stereocenters. The average Bonchev–Trinajstić information content (AvgIpc) is 2.65. The molecular formula is C20H22FN3O2. The molecule has 1 unspecified atom stereocenters. The molecule has 0 aromatic heterocycles. The molecule has 6 heteroatoms. The lowest BCUT2D eigenvalue weighted by Gasteiger charge is -2.33. The Morgan fingerprint density at radius 2 is 1.77 bits per heavy atom. The van der Waals surface area contributed by atoms with Gasteiger partial charge in [-0.15, -0.1) is 0 Å². The number of piperidine rings is 1. The van der Waals surface area contributed by atoms with Crippen molar-refractivity contribution in [3.05, 3.63) is 66.0 Å². The standard InChI is InChI=1S/C20H22FN3O2/c21-18-11-5-4-7-15(18)13-24-12-6-10-17(14-24)23-20(26)19(25)22-16-8-2-1-3-9-16/h1-5,7-9,11,17H,6,10,12-14H2,(H,22,25)(H,23,26). The second-order valence-electron chi connectivity index (χ2n) is 6.46. The summed E-state index contributed by atoms with van der Waals surface area (Å²) >= 11 is 0. The fourth-order valence-electron chi connectivity index (χ4n) is 3.14. The van der Waals surface area contributed by atoms with Crippen molar-refractivity contribution < 1.29 is 14.0 Å². The minimum atomic E-state index is -0.678. The first-order valence-corrected chi connectivity index (χ1v) is 8.74. The molecule has 2 aromatic rings. The van der Waals surface area contributed by atoms with E-state index in [0.717, 1.165) is 19.4 Å². The molecule has 1 aliphatic rings. The molecule has 136 valence electrons. The third-order valence-corrected chi connectivity index (χ3v) is 4.43. The Labute approximate surface area is 152 Å². The largest absolute Gasteiger partial charge is 0.344 e. The summed E-state index contributed by atoms with van der Waals surface area (Å²) in [4.78, 5) is 26.2. The monoisotopic (exact) mass is 355 g/mol. The minimum absolute atomic E-state index is 0.121. The van der Waals surface area contributed by atoms with Crippen LogP contribution in [-0.4, -0.2) is 35.8 Å². The van der Waals surface area contributed by atoms with Crippen LogP contribution in [0.3, 0.4) is 0 Å². The van der Waals surface area contributed by atoms with Crippen LogP contribution in [0.4, 0.5) is 10.1 Å². The first-order valence-electron chi connectivity index (χ1n) is 8.74. The number of halogens is 1. The van der Waals surface area contributed by atoms with Crippen molar-refractivity contribution in [3.63, 3.8) is 0 Å². The Kier molecular flexibility index (Phi) is 5.96. The Hall–Kier alpha value is -2.73. The molecule has 1 aliphatic heterocycles. The summed E-state index contributed by atoms with van der Waals surface area (Å²) in [7, 11) is 0. The number of benzene rings is 2. The molecule has 0 bridgehead atoms. The minimum Gasteiger partial charge on any atom is -0.344 e. The van der Waals surface area contributed by atoms with E-state index in [1.54, 1.807) is 36.4 Å². The number of amides is 2. The van der Waals surface area contributed by atoms with Crippen molar-refractivity contribution in [2.45, 2.75) is 25.4 Å². The van der Waals surface area contributed by atoms with Gasteiger partial charge in [-0.2, -0.15) is 0 Å². The molecule has 2 N–H and O–H groups in total. The van der Waals surface area contributed by atoms with Crippen LogP contribution in [0.15, 0.2) is 54.6 Å². The van der Waals surface area contributed by atoms with E-state index in [1.807, 2.05) is 12.1 Å². The first-order chi connectivity index (χ1) is 12.6. The van der Waals surface area contributed by atoms with Crippen molar-refractivity contribution >= 4 is 17.5 Å². The van der Waals surface area contributed by atoms with Crippen LogP contribution in [-0.2, 0) is 16.1 Å². The number of hydrogen-bond donors (Lipinski definition) is 2. The number of anilines is 1. The molecular weight excluding hydrogens is 333 g/mol. The zero-order valence-electron chi connectivity index (χ0n) is 14.5. The summed E-state index contributed by atoms with van der Waals surface area (Å²) in [6.07, 6.45) is 1.69. The molecule has 26 heavy (non-hydrogen) atoms. The predicted molar refractivity (Wildman–Crippen MR) is 97.9 cm³/mol. The predicted octanol–water partition coefficient (Wildman–Crippen LogP) is 2.54. The van der Waals surface area contributed by atoms with Crippen LogP contribution >= 0.6 is 0 Å². The molecule has 0 radical (unpaired) electrons. The zero-order valence-corrected chi connectivity index (χ0v) is 14.5. The van der Waals surface area contributed by atoms with Gasteiger partial charge in [0, 0.05) is 30.4 Å². The van der Waals surface area contributed by atoms with Crippen LogP contribution < -0.4 is 10.6 Å². The summed E-state index contributed by atoms with van der Waals surface area (Å²) in [6, 6.07) is 15.4. The maximum absolute atomic E-state index is 13.8. The highest BCUT2D eigenvalue weighted by Crippen LogP contribution is 2.16. The maximum Gasteiger partial charge on any atom is 0.313 e. The van der Waals surface area contributed by atoms with Crippen molar-refractivity contribution in [1.82, 2.24) is 10.2 Å². The Bertz CT molecular complexity index is 767. The van der Waals surface area contributed by atoms with Gasteiger partial charge < -0.3 is 10.6 Å². The third kappa shape index (κ3) is 4.89. The van der Waals surface area contributed by atoms with E-state index in [0.29, 0.717) is 24.3 Å². The molecule has 2 aromatic carbocycles. The number of likely N-dealkylation sites (tertiary alicyclic amines) is 1. The summed E-state index contributed by atoms with van der Waals surface area (Å²) in [5.41, 5.74) is 1.22. The number of carbonyl (C=O) groups is 2. The van der Waals surface area contributed by atoms with Gasteiger partial charge in [-0.25, -0.2) is 4.39 Å². The van der Waals surface area contributed by atoms with Crippen molar-refractivity contribution in [2.75, 3.05) is 18.4 Å². The van der Waals surface area contributed by atoms with Gasteiger partial charge in [-0.3, -0.25) is 14.5 Å². The first kappa shape index (κ1) is 18.1. The zero-order chi connectivity index (χ0) is 18.4. The van der Waals surface area contributed by atoms with Gasteiger partial charge in [-0.05, 0) is 37.6 Å². The molecule has 1 fully saturated rings. The highest BCUT2D eigenvalue weighted by atomic mass is 19.1. The van der Waals surface area contributed by atoms with Gasteiger partial charge in [0.15, 0.2) is 0 Å². The normalized spacial score (nSPS) is 17.5. The Morgan fingerprint density at radius 3 is 2.54 bits per heavy atom. The van der Waals surface area contributed by atoms with E-state index in [2.05, 4.69) is 15.5 Å². The summed E-state index contributed by atoms with van der Waals surface area (Å²) < 4.78 is 13.8. The highest BCUT2D eigenvalue weighted by molar-refractivity contribution is 6.39. The Balaban J connectivity index is 1.52. The SMILES string of the molecule is O=C(Nc1ccccc1)C(=O)NC1CCCN(Cc2ccccc2F)C1. The fourth-order valence-corrected chi connectivity index (χ4v) is 3.14. The summed E-state index contributed by atoms with van der Waals surface area (Å²) in [5, 5.41) is 5.36. The lowest BCUT2D eigenvalue weighted by Crippen LogP contribution is -2.50. The van der Waals surface area contributed by atoms with Gasteiger partial charge in [0.05, 0.1) is 0 Å². The fraction of sp³-hybridized carbons (Fsp3) is 0.300. The summed E-state index contributed by atoms with van der Waals surface area (Å²) in [6.45, 7) is 1.94. The summed E-state index contributed by atoms with van der Waals surface area (Å²) in [5.74, 6) is -1.55. The van der Waals surface area contributed by atoms with Crippen LogP contribution in [0.5, 0.6) is 0 Å². The van der Waals surface area contributed by atoms with E-state index in [4.69, 9.17) is 0 Å². The number of nitrogens with one attached hydrogen (secondary N) is 2. The lowest BCUT2D eigenvalue weighted by molar-refractivity contribution is -0.136. The van der Waals surface area contributed by atoms with Gasteiger partial charge in [0.25, 0.3) is 0 Å².